The highest BCUT2D eigenvalue weighted by molar-refractivity contribution is 5.60. The van der Waals surface area contributed by atoms with Gasteiger partial charge in [-0.2, -0.15) is 9.78 Å². The maximum absolute atomic E-state index is 11.9. The van der Waals surface area contributed by atoms with Gasteiger partial charge in [0.1, 0.15) is 31.0 Å². The SMILES string of the molecule is CCC(COC(=O)O)(COC(=O)OOC(C)(C)C(C)C)COC(=O)OOC(C)(C)C(C)C. The maximum Gasteiger partial charge on any atom is 0.540 e. The molecule has 11 heteroatoms. The third-order valence-corrected chi connectivity index (χ3v) is 5.67. The van der Waals surface area contributed by atoms with Crippen LogP contribution >= 0.6 is 0 Å². The second kappa shape index (κ2) is 12.7. The molecule has 0 aliphatic carbocycles. The first kappa shape index (κ1) is 29.7. The lowest BCUT2D eigenvalue weighted by Crippen LogP contribution is -2.40. The summed E-state index contributed by atoms with van der Waals surface area (Å²) in [6, 6.07) is 0. The normalized spacial score (nSPS) is 12.5. The molecular weight excluding hydrogens is 428 g/mol. The smallest absolute Gasteiger partial charge is 0.450 e. The van der Waals surface area contributed by atoms with Crippen molar-refractivity contribution in [2.75, 3.05) is 19.8 Å². The van der Waals surface area contributed by atoms with Crippen LogP contribution in [0.25, 0.3) is 0 Å². The fourth-order valence-corrected chi connectivity index (χ4v) is 1.59. The first-order valence-electron chi connectivity index (χ1n) is 10.5. The van der Waals surface area contributed by atoms with Crippen molar-refractivity contribution in [3.8, 4) is 0 Å². The van der Waals surface area contributed by atoms with E-state index in [1.165, 1.54) is 0 Å². The van der Waals surface area contributed by atoms with E-state index in [0.717, 1.165) is 0 Å². The molecule has 0 aromatic heterocycles. The predicted octanol–water partition coefficient (Wildman–Crippen LogP) is 5.12. The van der Waals surface area contributed by atoms with Crippen LogP contribution in [-0.4, -0.2) is 54.6 Å². The molecule has 32 heavy (non-hydrogen) atoms. The summed E-state index contributed by atoms with van der Waals surface area (Å²) in [6.07, 6.45) is -3.55. The van der Waals surface area contributed by atoms with E-state index in [0.29, 0.717) is 0 Å². The van der Waals surface area contributed by atoms with Gasteiger partial charge in [-0.1, -0.05) is 34.6 Å². The van der Waals surface area contributed by atoms with Gasteiger partial charge in [0, 0.05) is 0 Å². The van der Waals surface area contributed by atoms with Crippen LogP contribution in [-0.2, 0) is 33.8 Å². The Bertz CT molecular complexity index is 571. The topological polar surface area (TPSA) is 136 Å². The second-order valence-electron chi connectivity index (χ2n) is 9.34. The molecule has 0 atom stereocenters. The summed E-state index contributed by atoms with van der Waals surface area (Å²) in [6.45, 7) is 15.1. The predicted molar refractivity (Wildman–Crippen MR) is 112 cm³/mol. The summed E-state index contributed by atoms with van der Waals surface area (Å²) in [5.74, 6) is 0.104. The lowest BCUT2D eigenvalue weighted by molar-refractivity contribution is -0.330. The van der Waals surface area contributed by atoms with Crippen LogP contribution in [0.5, 0.6) is 0 Å². The van der Waals surface area contributed by atoms with Crippen molar-refractivity contribution in [1.82, 2.24) is 0 Å². The van der Waals surface area contributed by atoms with Gasteiger partial charge in [0.05, 0.1) is 5.41 Å². The Morgan fingerprint density at radius 3 is 1.34 bits per heavy atom. The van der Waals surface area contributed by atoms with Gasteiger partial charge in [0.15, 0.2) is 0 Å². The zero-order chi connectivity index (χ0) is 25.2. The zero-order valence-corrected chi connectivity index (χ0v) is 20.5. The van der Waals surface area contributed by atoms with Gasteiger partial charge >= 0.3 is 18.5 Å². The molecule has 0 amide bonds. The number of hydrogen-bond acceptors (Lipinski definition) is 10. The Balaban J connectivity index is 4.98. The van der Waals surface area contributed by atoms with E-state index in [4.69, 9.17) is 24.4 Å². The van der Waals surface area contributed by atoms with Crippen molar-refractivity contribution in [3.05, 3.63) is 0 Å². The van der Waals surface area contributed by atoms with E-state index in [2.05, 4.69) is 14.5 Å². The average Bonchev–Trinajstić information content (AvgIpc) is 2.70. The summed E-state index contributed by atoms with van der Waals surface area (Å²) >= 11 is 0. The molecule has 0 radical (unpaired) electrons. The van der Waals surface area contributed by atoms with E-state index in [9.17, 15) is 14.4 Å². The summed E-state index contributed by atoms with van der Waals surface area (Å²) < 4.78 is 14.8. The van der Waals surface area contributed by atoms with E-state index in [-0.39, 0.29) is 31.5 Å². The molecule has 1 N–H and O–H groups in total. The quantitative estimate of drug-likeness (QED) is 0.168. The third kappa shape index (κ3) is 10.9. The number of hydrogen-bond donors (Lipinski definition) is 1. The van der Waals surface area contributed by atoms with Crippen LogP contribution in [0, 0.1) is 17.3 Å². The summed E-state index contributed by atoms with van der Waals surface area (Å²) in [5.41, 5.74) is -2.68. The fraction of sp³-hybridized carbons (Fsp3) is 0.857. The molecule has 0 heterocycles. The summed E-state index contributed by atoms with van der Waals surface area (Å²) in [4.78, 5) is 54.4. The zero-order valence-electron chi connectivity index (χ0n) is 20.5. The molecule has 0 bridgehead atoms. The third-order valence-electron chi connectivity index (χ3n) is 5.67. The van der Waals surface area contributed by atoms with Gasteiger partial charge in [-0.25, -0.2) is 14.4 Å². The van der Waals surface area contributed by atoms with Gasteiger partial charge in [0.2, 0.25) is 0 Å². The van der Waals surface area contributed by atoms with E-state index in [1.54, 1.807) is 34.6 Å². The number of rotatable bonds is 13. The van der Waals surface area contributed by atoms with E-state index in [1.807, 2.05) is 27.7 Å². The molecule has 0 fully saturated rings. The Kier molecular flexibility index (Phi) is 11.8. The molecule has 0 aromatic carbocycles. The molecule has 0 rings (SSSR count). The lowest BCUT2D eigenvalue weighted by atomic mass is 9.88. The molecule has 0 spiro atoms. The van der Waals surface area contributed by atoms with Crippen molar-refractivity contribution in [3.63, 3.8) is 0 Å². The highest BCUT2D eigenvalue weighted by Crippen LogP contribution is 2.26. The minimum atomic E-state index is -1.53. The van der Waals surface area contributed by atoms with Gasteiger partial charge in [0.25, 0.3) is 0 Å². The van der Waals surface area contributed by atoms with Crippen molar-refractivity contribution in [1.29, 1.82) is 0 Å². The van der Waals surface area contributed by atoms with E-state index < -0.39 is 41.7 Å². The molecule has 11 nitrogen and oxygen atoms in total. The minimum absolute atomic E-state index is 0.0521. The molecule has 0 aliphatic heterocycles. The van der Waals surface area contributed by atoms with Crippen molar-refractivity contribution < 1.29 is 53.3 Å². The standard InChI is InChI=1S/C21H38O11/c1-10-21(11-26-16(22)23,12-27-17(24)29-31-19(6,7)14(2)3)13-28-18(25)30-32-20(8,9)15(4)5/h14-15H,10-13H2,1-9H3,(H,22,23). The average molecular weight is 467 g/mol. The Morgan fingerprint density at radius 2 is 1.06 bits per heavy atom. The highest BCUT2D eigenvalue weighted by atomic mass is 17.2. The Morgan fingerprint density at radius 1 is 0.719 bits per heavy atom. The molecule has 0 saturated heterocycles. The largest absolute Gasteiger partial charge is 0.540 e. The second-order valence-corrected chi connectivity index (χ2v) is 9.34. The lowest BCUT2D eigenvalue weighted by Gasteiger charge is -2.31. The highest BCUT2D eigenvalue weighted by Gasteiger charge is 2.36. The number of carbonyl (C=O) groups is 3. The molecule has 0 aliphatic rings. The van der Waals surface area contributed by atoms with Crippen LogP contribution in [0.3, 0.4) is 0 Å². The van der Waals surface area contributed by atoms with Crippen molar-refractivity contribution in [2.24, 2.45) is 17.3 Å². The van der Waals surface area contributed by atoms with Crippen LogP contribution in [0.15, 0.2) is 0 Å². The van der Waals surface area contributed by atoms with Crippen LogP contribution < -0.4 is 0 Å². The maximum atomic E-state index is 11.9. The van der Waals surface area contributed by atoms with Gasteiger partial charge in [-0.05, 0) is 46.0 Å². The van der Waals surface area contributed by atoms with Crippen LogP contribution in [0.4, 0.5) is 14.4 Å². The van der Waals surface area contributed by atoms with Gasteiger partial charge < -0.3 is 19.3 Å². The first-order valence-corrected chi connectivity index (χ1v) is 10.5. The molecule has 0 unspecified atom stereocenters. The number of carbonyl (C=O) groups excluding carboxylic acids is 2. The van der Waals surface area contributed by atoms with Gasteiger partial charge in [-0.3, -0.25) is 9.78 Å². The summed E-state index contributed by atoms with van der Waals surface area (Å²) in [7, 11) is 0. The molecule has 0 saturated carbocycles. The summed E-state index contributed by atoms with van der Waals surface area (Å²) in [5, 5.41) is 8.85. The molecule has 0 aromatic rings. The molecular formula is C21H38O11. The van der Waals surface area contributed by atoms with Crippen LogP contribution in [0.2, 0.25) is 0 Å². The van der Waals surface area contributed by atoms with Gasteiger partial charge in [-0.15, -0.1) is 0 Å². The van der Waals surface area contributed by atoms with Crippen LogP contribution in [0.1, 0.15) is 68.7 Å². The van der Waals surface area contributed by atoms with Crippen molar-refractivity contribution in [2.45, 2.75) is 79.9 Å². The monoisotopic (exact) mass is 466 g/mol. The fourth-order valence-electron chi connectivity index (χ4n) is 1.59. The number of carboxylic acid groups (broad SMARTS) is 1. The Hall–Kier alpha value is -2.27. The van der Waals surface area contributed by atoms with Crippen molar-refractivity contribution >= 4 is 18.5 Å². The first-order chi connectivity index (χ1) is 14.6. The Labute approximate surface area is 189 Å². The molecule has 188 valence electrons. The van der Waals surface area contributed by atoms with E-state index >= 15 is 0 Å². The minimum Gasteiger partial charge on any atom is -0.450 e. The number of ether oxygens (including phenoxy) is 3.